The first-order chi connectivity index (χ1) is 10.0. The molecule has 3 nitrogen and oxygen atoms in total. The largest absolute Gasteiger partial charge is 0.327 e. The van der Waals surface area contributed by atoms with Gasteiger partial charge in [-0.2, -0.15) is 0 Å². The highest BCUT2D eigenvalue weighted by atomic mass is 32.2. The number of fused-ring (bicyclic) bond motifs is 1. The Morgan fingerprint density at radius 3 is 2.71 bits per heavy atom. The van der Waals surface area contributed by atoms with Crippen LogP contribution in [0.2, 0.25) is 0 Å². The Balaban J connectivity index is 1.92. The van der Waals surface area contributed by atoms with Gasteiger partial charge in [0.15, 0.2) is 9.84 Å². The van der Waals surface area contributed by atoms with E-state index in [4.69, 9.17) is 5.73 Å². The minimum Gasteiger partial charge on any atom is -0.327 e. The van der Waals surface area contributed by atoms with Crippen molar-refractivity contribution >= 4 is 9.84 Å². The first kappa shape index (κ1) is 15.0. The molecule has 0 heterocycles. The van der Waals surface area contributed by atoms with E-state index in [9.17, 15) is 8.42 Å². The van der Waals surface area contributed by atoms with Gasteiger partial charge in [0, 0.05) is 6.04 Å². The Labute approximate surface area is 127 Å². The zero-order chi connectivity index (χ0) is 15.0. The summed E-state index contributed by atoms with van der Waals surface area (Å²) < 4.78 is 26.0. The molecule has 0 aromatic heterocycles. The summed E-state index contributed by atoms with van der Waals surface area (Å²) in [4.78, 5) is 0.486. The van der Waals surface area contributed by atoms with Crippen molar-refractivity contribution in [1.82, 2.24) is 0 Å². The molecule has 0 saturated heterocycles. The van der Waals surface area contributed by atoms with Crippen molar-refractivity contribution in [1.29, 1.82) is 0 Å². The first-order valence-electron chi connectivity index (χ1n) is 8.13. The van der Waals surface area contributed by atoms with Gasteiger partial charge in [-0.1, -0.05) is 19.4 Å². The fourth-order valence-corrected chi connectivity index (χ4v) is 5.90. The number of nitrogens with two attached hydrogens (primary N) is 1. The summed E-state index contributed by atoms with van der Waals surface area (Å²) in [5.74, 6) is 0.499. The van der Waals surface area contributed by atoms with Crippen molar-refractivity contribution in [3.8, 4) is 0 Å². The highest BCUT2D eigenvalue weighted by molar-refractivity contribution is 7.92. The minimum absolute atomic E-state index is 0.217. The molecule has 0 aliphatic heterocycles. The van der Waals surface area contributed by atoms with E-state index in [1.54, 1.807) is 6.07 Å². The van der Waals surface area contributed by atoms with Crippen LogP contribution in [0.4, 0.5) is 0 Å². The van der Waals surface area contributed by atoms with Gasteiger partial charge >= 0.3 is 0 Å². The number of benzene rings is 1. The van der Waals surface area contributed by atoms with Gasteiger partial charge in [-0.05, 0) is 67.7 Å². The second-order valence-corrected chi connectivity index (χ2v) is 8.79. The molecule has 0 amide bonds. The molecule has 1 saturated carbocycles. The van der Waals surface area contributed by atoms with Gasteiger partial charge in [0.2, 0.25) is 0 Å². The van der Waals surface area contributed by atoms with Gasteiger partial charge in [0.25, 0.3) is 0 Å². The average molecular weight is 307 g/mol. The minimum atomic E-state index is -3.30. The van der Waals surface area contributed by atoms with Crippen molar-refractivity contribution in [2.24, 2.45) is 11.7 Å². The van der Waals surface area contributed by atoms with Gasteiger partial charge in [0.05, 0.1) is 10.1 Å². The zero-order valence-electron chi connectivity index (χ0n) is 12.7. The Kier molecular flexibility index (Phi) is 4.10. The highest BCUT2D eigenvalue weighted by Gasteiger charge is 2.37. The van der Waals surface area contributed by atoms with Crippen molar-refractivity contribution in [2.45, 2.75) is 68.1 Å². The number of hydrogen-bond acceptors (Lipinski definition) is 3. The van der Waals surface area contributed by atoms with Gasteiger partial charge in [-0.15, -0.1) is 0 Å². The Morgan fingerprint density at radius 1 is 1.19 bits per heavy atom. The second-order valence-electron chi connectivity index (χ2n) is 6.62. The average Bonchev–Trinajstić information content (AvgIpc) is 2.95. The lowest BCUT2D eigenvalue weighted by Gasteiger charge is -2.33. The lowest BCUT2D eigenvalue weighted by atomic mass is 9.84. The lowest BCUT2D eigenvalue weighted by molar-refractivity contribution is 0.319. The van der Waals surface area contributed by atoms with E-state index in [2.05, 4.69) is 6.92 Å². The predicted octanol–water partition coefficient (Wildman–Crippen LogP) is 2.86. The number of sulfone groups is 1. The smallest absolute Gasteiger partial charge is 0.182 e. The molecule has 2 aliphatic rings. The maximum absolute atomic E-state index is 13.0. The van der Waals surface area contributed by atoms with Crippen LogP contribution in [0.15, 0.2) is 23.1 Å². The van der Waals surface area contributed by atoms with E-state index in [0.717, 1.165) is 44.9 Å². The molecule has 21 heavy (non-hydrogen) atoms. The first-order valence-corrected chi connectivity index (χ1v) is 9.68. The molecule has 3 atom stereocenters. The molecule has 0 bridgehead atoms. The van der Waals surface area contributed by atoms with E-state index < -0.39 is 15.1 Å². The summed E-state index contributed by atoms with van der Waals surface area (Å²) in [6.07, 6.45) is 6.88. The fourth-order valence-electron chi connectivity index (χ4n) is 3.86. The van der Waals surface area contributed by atoms with Gasteiger partial charge in [-0.25, -0.2) is 8.42 Å². The van der Waals surface area contributed by atoms with Crippen LogP contribution in [0.3, 0.4) is 0 Å². The summed E-state index contributed by atoms with van der Waals surface area (Å²) >= 11 is 0. The van der Waals surface area contributed by atoms with Crippen molar-refractivity contribution < 1.29 is 8.42 Å². The van der Waals surface area contributed by atoms with E-state index in [1.165, 1.54) is 11.1 Å². The van der Waals surface area contributed by atoms with E-state index in [-0.39, 0.29) is 6.04 Å². The molecule has 1 fully saturated rings. The predicted molar refractivity (Wildman–Crippen MR) is 85.0 cm³/mol. The molecular weight excluding hydrogens is 282 g/mol. The monoisotopic (exact) mass is 307 g/mol. The summed E-state index contributed by atoms with van der Waals surface area (Å²) in [5, 5.41) is -0.407. The van der Waals surface area contributed by atoms with Crippen LogP contribution in [-0.4, -0.2) is 19.7 Å². The van der Waals surface area contributed by atoms with Crippen molar-refractivity contribution in [2.75, 3.05) is 0 Å². The Hall–Kier alpha value is -0.870. The van der Waals surface area contributed by atoms with Crippen molar-refractivity contribution in [3.63, 3.8) is 0 Å². The highest BCUT2D eigenvalue weighted by Crippen LogP contribution is 2.34. The van der Waals surface area contributed by atoms with Crippen LogP contribution in [0.1, 0.15) is 50.2 Å². The summed E-state index contributed by atoms with van der Waals surface area (Å²) in [7, 11) is -3.30. The number of rotatable bonds is 3. The third-order valence-electron chi connectivity index (χ3n) is 5.33. The van der Waals surface area contributed by atoms with Crippen LogP contribution in [0.5, 0.6) is 0 Å². The van der Waals surface area contributed by atoms with Crippen molar-refractivity contribution in [3.05, 3.63) is 29.3 Å². The van der Waals surface area contributed by atoms with Crippen LogP contribution in [-0.2, 0) is 22.7 Å². The maximum Gasteiger partial charge on any atom is 0.182 e. The van der Waals surface area contributed by atoms with Crippen LogP contribution >= 0.6 is 0 Å². The Bertz CT molecular complexity index is 624. The summed E-state index contributed by atoms with van der Waals surface area (Å²) in [6.45, 7) is 2.14. The maximum atomic E-state index is 13.0. The zero-order valence-corrected chi connectivity index (χ0v) is 13.5. The quantitative estimate of drug-likeness (QED) is 0.934. The summed E-state index contributed by atoms with van der Waals surface area (Å²) in [6, 6.07) is 5.48. The van der Waals surface area contributed by atoms with E-state index >= 15 is 0 Å². The van der Waals surface area contributed by atoms with Gasteiger partial charge < -0.3 is 5.73 Å². The SMILES string of the molecule is CCC1CCC(N)C(S(=O)(=O)c2ccc3c(c2)CCC3)C1. The van der Waals surface area contributed by atoms with Crippen LogP contribution < -0.4 is 5.73 Å². The topological polar surface area (TPSA) is 60.2 Å². The summed E-state index contributed by atoms with van der Waals surface area (Å²) in [5.41, 5.74) is 8.68. The molecule has 116 valence electrons. The molecule has 0 spiro atoms. The molecular formula is C17H25NO2S. The van der Waals surface area contributed by atoms with Gasteiger partial charge in [-0.3, -0.25) is 0 Å². The number of hydrogen-bond donors (Lipinski definition) is 1. The molecule has 4 heteroatoms. The molecule has 3 unspecified atom stereocenters. The lowest BCUT2D eigenvalue weighted by Crippen LogP contribution is -2.45. The van der Waals surface area contributed by atoms with E-state index in [1.807, 2.05) is 12.1 Å². The fraction of sp³-hybridized carbons (Fsp3) is 0.647. The molecule has 1 aromatic carbocycles. The molecule has 2 N–H and O–H groups in total. The van der Waals surface area contributed by atoms with Gasteiger partial charge in [0.1, 0.15) is 0 Å². The van der Waals surface area contributed by atoms with Crippen LogP contribution in [0.25, 0.3) is 0 Å². The molecule has 2 aliphatic carbocycles. The normalized spacial score (nSPS) is 29.3. The second kappa shape index (κ2) is 5.73. The Morgan fingerprint density at radius 2 is 1.95 bits per heavy atom. The standard InChI is InChI=1S/C17H25NO2S/c1-2-12-6-9-16(18)17(10-12)21(19,20)15-8-7-13-4-3-5-14(13)11-15/h7-8,11-12,16-17H,2-6,9-10,18H2,1H3. The molecule has 3 rings (SSSR count). The van der Waals surface area contributed by atoms with E-state index in [0.29, 0.717) is 10.8 Å². The van der Waals surface area contributed by atoms with Crippen LogP contribution in [0, 0.1) is 5.92 Å². The molecule has 0 radical (unpaired) electrons. The third kappa shape index (κ3) is 2.76. The molecule has 1 aromatic rings. The number of aryl methyl sites for hydroxylation is 2. The third-order valence-corrected chi connectivity index (χ3v) is 7.58.